The number of carbonyl (C=O) groups excluding carboxylic acids is 1. The number of nitrogens with zero attached hydrogens (tertiary/aromatic N) is 1. The predicted octanol–water partition coefficient (Wildman–Crippen LogP) is 2.16. The Bertz CT molecular complexity index is 501. The highest BCUT2D eigenvalue weighted by Gasteiger charge is 2.19. The van der Waals surface area contributed by atoms with Crippen LogP contribution in [-0.4, -0.2) is 30.1 Å². The molecule has 1 amide bonds. The summed E-state index contributed by atoms with van der Waals surface area (Å²) in [4.78, 5) is 22.0. The van der Waals surface area contributed by atoms with Crippen LogP contribution in [-0.2, 0) is 4.74 Å². The summed E-state index contributed by atoms with van der Waals surface area (Å²) in [6, 6.07) is 3.98. The number of benzene rings is 1. The van der Waals surface area contributed by atoms with Crippen LogP contribution in [0.4, 0.5) is 5.69 Å². The molecule has 0 saturated carbocycles. The third kappa shape index (κ3) is 3.42. The minimum Gasteiger partial charge on any atom is -0.376 e. The Morgan fingerprint density at radius 3 is 3.00 bits per heavy atom. The molecule has 1 N–H and O–H groups in total. The van der Waals surface area contributed by atoms with Gasteiger partial charge < -0.3 is 10.1 Å². The van der Waals surface area contributed by atoms with Crippen LogP contribution in [0.5, 0.6) is 0 Å². The molecule has 1 atom stereocenters. The smallest absolute Gasteiger partial charge is 0.288 e. The van der Waals surface area contributed by atoms with Crippen LogP contribution >= 0.6 is 11.6 Å². The second-order valence-corrected chi connectivity index (χ2v) is 4.68. The topological polar surface area (TPSA) is 81.5 Å². The quantitative estimate of drug-likeness (QED) is 0.678. The van der Waals surface area contributed by atoms with Crippen molar-refractivity contribution in [2.75, 3.05) is 13.2 Å². The molecule has 1 heterocycles. The largest absolute Gasteiger partial charge is 0.376 e. The Labute approximate surface area is 114 Å². The van der Waals surface area contributed by atoms with E-state index in [1.54, 1.807) is 0 Å². The zero-order valence-corrected chi connectivity index (χ0v) is 10.9. The maximum atomic E-state index is 11.9. The lowest BCUT2D eigenvalue weighted by Crippen LogP contribution is -2.31. The Morgan fingerprint density at radius 1 is 1.58 bits per heavy atom. The molecule has 102 valence electrons. The third-order valence-corrected chi connectivity index (χ3v) is 3.24. The van der Waals surface area contributed by atoms with Gasteiger partial charge in [0.1, 0.15) is 5.02 Å². The number of nitrogens with one attached hydrogen (secondary N) is 1. The summed E-state index contributed by atoms with van der Waals surface area (Å²) >= 11 is 5.68. The summed E-state index contributed by atoms with van der Waals surface area (Å²) in [6.07, 6.45) is 1.94. The highest BCUT2D eigenvalue weighted by molar-refractivity contribution is 6.32. The highest BCUT2D eigenvalue weighted by atomic mass is 35.5. The number of amides is 1. The first-order valence-corrected chi connectivity index (χ1v) is 6.29. The van der Waals surface area contributed by atoms with Crippen LogP contribution in [0.2, 0.25) is 5.02 Å². The fourth-order valence-electron chi connectivity index (χ4n) is 1.91. The Balaban J connectivity index is 2.02. The van der Waals surface area contributed by atoms with Crippen LogP contribution in [0, 0.1) is 10.1 Å². The van der Waals surface area contributed by atoms with Gasteiger partial charge in [-0.05, 0) is 25.0 Å². The summed E-state index contributed by atoms with van der Waals surface area (Å²) < 4.78 is 5.38. The van der Waals surface area contributed by atoms with Gasteiger partial charge in [0, 0.05) is 24.8 Å². The molecular formula is C12H13ClN2O4. The van der Waals surface area contributed by atoms with Crippen molar-refractivity contribution in [1.29, 1.82) is 0 Å². The number of ether oxygens (including phenoxy) is 1. The van der Waals surface area contributed by atoms with Crippen molar-refractivity contribution >= 4 is 23.2 Å². The lowest BCUT2D eigenvalue weighted by atomic mass is 10.2. The van der Waals surface area contributed by atoms with E-state index in [2.05, 4.69) is 5.32 Å². The van der Waals surface area contributed by atoms with Gasteiger partial charge in [-0.15, -0.1) is 0 Å². The summed E-state index contributed by atoms with van der Waals surface area (Å²) in [7, 11) is 0. The van der Waals surface area contributed by atoms with Crippen molar-refractivity contribution in [3.63, 3.8) is 0 Å². The molecule has 0 spiro atoms. The molecule has 0 radical (unpaired) electrons. The van der Waals surface area contributed by atoms with Gasteiger partial charge in [-0.1, -0.05) is 11.6 Å². The first kappa shape index (κ1) is 13.8. The molecule has 0 aliphatic carbocycles. The summed E-state index contributed by atoms with van der Waals surface area (Å²) in [6.45, 7) is 1.13. The molecule has 0 bridgehead atoms. The molecule has 0 unspecified atom stereocenters. The van der Waals surface area contributed by atoms with E-state index in [9.17, 15) is 14.9 Å². The molecule has 1 aliphatic heterocycles. The maximum Gasteiger partial charge on any atom is 0.288 e. The summed E-state index contributed by atoms with van der Waals surface area (Å²) in [5.74, 6) is -0.365. The minimum absolute atomic E-state index is 0.0145. The number of nitro benzene ring substituents is 1. The molecular weight excluding hydrogens is 272 g/mol. The van der Waals surface area contributed by atoms with Gasteiger partial charge in [0.25, 0.3) is 11.6 Å². The lowest BCUT2D eigenvalue weighted by molar-refractivity contribution is -0.384. The highest BCUT2D eigenvalue weighted by Crippen LogP contribution is 2.25. The van der Waals surface area contributed by atoms with Crippen molar-refractivity contribution in [3.05, 3.63) is 38.9 Å². The molecule has 0 aromatic heterocycles. The summed E-state index contributed by atoms with van der Waals surface area (Å²) in [5, 5.41) is 13.4. The van der Waals surface area contributed by atoms with Gasteiger partial charge in [0.05, 0.1) is 11.0 Å². The number of rotatable bonds is 4. The average Bonchev–Trinajstić information content (AvgIpc) is 2.89. The SMILES string of the molecule is O=C(NC[C@@H]1CCCO1)c1ccc(Cl)c([N+](=O)[O-])c1. The van der Waals surface area contributed by atoms with Crippen LogP contribution < -0.4 is 5.32 Å². The molecule has 7 heteroatoms. The molecule has 1 aromatic rings. The van der Waals surface area contributed by atoms with E-state index in [-0.39, 0.29) is 28.3 Å². The van der Waals surface area contributed by atoms with Gasteiger partial charge in [-0.3, -0.25) is 14.9 Å². The van der Waals surface area contributed by atoms with Gasteiger partial charge >= 0.3 is 0 Å². The third-order valence-electron chi connectivity index (χ3n) is 2.92. The van der Waals surface area contributed by atoms with Crippen LogP contribution in [0.15, 0.2) is 18.2 Å². The summed E-state index contributed by atoms with van der Waals surface area (Å²) in [5.41, 5.74) is -0.0551. The number of hydrogen-bond donors (Lipinski definition) is 1. The number of halogens is 1. The van der Waals surface area contributed by atoms with Crippen molar-refractivity contribution in [2.24, 2.45) is 0 Å². The van der Waals surface area contributed by atoms with E-state index in [0.717, 1.165) is 12.8 Å². The van der Waals surface area contributed by atoms with Crippen molar-refractivity contribution in [3.8, 4) is 0 Å². The number of carbonyl (C=O) groups is 1. The maximum absolute atomic E-state index is 11.9. The Morgan fingerprint density at radius 2 is 2.37 bits per heavy atom. The molecule has 1 fully saturated rings. The predicted molar refractivity (Wildman–Crippen MR) is 69.4 cm³/mol. The standard InChI is InChI=1S/C12H13ClN2O4/c13-10-4-3-8(6-11(10)15(17)18)12(16)14-7-9-2-1-5-19-9/h3-4,6,9H,1-2,5,7H2,(H,14,16)/t9-/m0/s1. The fourth-order valence-corrected chi connectivity index (χ4v) is 2.09. The second kappa shape index (κ2) is 5.99. The monoisotopic (exact) mass is 284 g/mol. The van der Waals surface area contributed by atoms with E-state index >= 15 is 0 Å². The van der Waals surface area contributed by atoms with E-state index < -0.39 is 4.92 Å². The molecule has 1 aliphatic rings. The van der Waals surface area contributed by atoms with Crippen molar-refractivity contribution in [1.82, 2.24) is 5.32 Å². The van der Waals surface area contributed by atoms with Crippen molar-refractivity contribution < 1.29 is 14.5 Å². The average molecular weight is 285 g/mol. The van der Waals surface area contributed by atoms with Gasteiger partial charge in [-0.2, -0.15) is 0 Å². The minimum atomic E-state index is -0.612. The Hall–Kier alpha value is -1.66. The van der Waals surface area contributed by atoms with Crippen LogP contribution in [0.25, 0.3) is 0 Å². The molecule has 1 saturated heterocycles. The Kier molecular flexibility index (Phi) is 4.34. The molecule has 1 aromatic carbocycles. The molecule has 2 rings (SSSR count). The first-order valence-electron chi connectivity index (χ1n) is 5.91. The fraction of sp³-hybridized carbons (Fsp3) is 0.417. The van der Waals surface area contributed by atoms with Crippen LogP contribution in [0.3, 0.4) is 0 Å². The van der Waals surface area contributed by atoms with E-state index in [1.807, 2.05) is 0 Å². The number of nitro groups is 1. The zero-order valence-electron chi connectivity index (χ0n) is 10.1. The second-order valence-electron chi connectivity index (χ2n) is 4.27. The van der Waals surface area contributed by atoms with E-state index in [0.29, 0.717) is 13.2 Å². The lowest BCUT2D eigenvalue weighted by Gasteiger charge is -2.10. The normalized spacial score (nSPS) is 18.3. The van der Waals surface area contributed by atoms with Crippen molar-refractivity contribution in [2.45, 2.75) is 18.9 Å². The molecule has 19 heavy (non-hydrogen) atoms. The van der Waals surface area contributed by atoms with E-state index in [1.165, 1.54) is 18.2 Å². The van der Waals surface area contributed by atoms with E-state index in [4.69, 9.17) is 16.3 Å². The van der Waals surface area contributed by atoms with Gasteiger partial charge in [-0.25, -0.2) is 0 Å². The van der Waals surface area contributed by atoms with Gasteiger partial charge in [0.2, 0.25) is 0 Å². The van der Waals surface area contributed by atoms with Crippen LogP contribution in [0.1, 0.15) is 23.2 Å². The van der Waals surface area contributed by atoms with Gasteiger partial charge in [0.15, 0.2) is 0 Å². The molecule has 6 nitrogen and oxygen atoms in total. The zero-order chi connectivity index (χ0) is 13.8. The first-order chi connectivity index (χ1) is 9.08. The number of hydrogen-bond acceptors (Lipinski definition) is 4.